The minimum Gasteiger partial charge on any atom is -0.265 e. The summed E-state index contributed by atoms with van der Waals surface area (Å²) >= 11 is 0. The Morgan fingerprint density at radius 2 is 1.93 bits per heavy atom. The summed E-state index contributed by atoms with van der Waals surface area (Å²) in [4.78, 5) is 4.08. The van der Waals surface area contributed by atoms with Gasteiger partial charge in [0.2, 0.25) is 10.0 Å². The Morgan fingerprint density at radius 1 is 1.22 bits per heavy atom. The maximum absolute atomic E-state index is 13.3. The second-order valence-corrected chi connectivity index (χ2v) is 10.4. The molecule has 1 unspecified atom stereocenters. The van der Waals surface area contributed by atoms with Crippen molar-refractivity contribution in [3.8, 4) is 5.69 Å². The Kier molecular flexibility index (Phi) is 5.72. The van der Waals surface area contributed by atoms with E-state index in [9.17, 15) is 8.42 Å². The Labute approximate surface area is 162 Å². The van der Waals surface area contributed by atoms with Gasteiger partial charge >= 0.3 is 0 Å². The molecule has 0 aliphatic carbocycles. The first-order valence-electron chi connectivity index (χ1n) is 9.73. The molecule has 148 valence electrons. The normalized spacial score (nSPS) is 18.7. The number of fused-ring (bicyclic) bond motifs is 1. The molecule has 1 atom stereocenters. The van der Waals surface area contributed by atoms with E-state index in [1.807, 2.05) is 36.9 Å². The monoisotopic (exact) mass is 390 g/mol. The van der Waals surface area contributed by atoms with Crippen LogP contribution >= 0.6 is 0 Å². The van der Waals surface area contributed by atoms with Crippen molar-refractivity contribution in [1.82, 2.24) is 19.1 Å². The van der Waals surface area contributed by atoms with Gasteiger partial charge in [-0.15, -0.1) is 0 Å². The van der Waals surface area contributed by atoms with Gasteiger partial charge in [-0.2, -0.15) is 9.40 Å². The van der Waals surface area contributed by atoms with E-state index >= 15 is 0 Å². The number of nitrogens with zero attached hydrogens (tertiary/aromatic N) is 4. The predicted octanol–water partition coefficient (Wildman–Crippen LogP) is 3.56. The van der Waals surface area contributed by atoms with Crippen LogP contribution in [0.2, 0.25) is 0 Å². The van der Waals surface area contributed by atoms with Crippen molar-refractivity contribution < 1.29 is 8.42 Å². The molecule has 7 heteroatoms. The second kappa shape index (κ2) is 7.72. The SMILES string of the molecule is CCCC(CC)S(=O)(=O)N1Cc2cnn(-c3ccncc3)c2CC(C)(C)C1. The maximum Gasteiger partial charge on any atom is 0.217 e. The van der Waals surface area contributed by atoms with Crippen molar-refractivity contribution in [2.75, 3.05) is 6.54 Å². The molecule has 3 heterocycles. The van der Waals surface area contributed by atoms with Gasteiger partial charge in [0.05, 0.1) is 17.1 Å². The van der Waals surface area contributed by atoms with Crippen LogP contribution in [-0.2, 0) is 23.0 Å². The van der Waals surface area contributed by atoms with E-state index in [1.54, 1.807) is 16.7 Å². The highest BCUT2D eigenvalue weighted by molar-refractivity contribution is 7.89. The molecule has 0 saturated heterocycles. The first kappa shape index (κ1) is 20.0. The fourth-order valence-corrected chi connectivity index (χ4v) is 6.17. The van der Waals surface area contributed by atoms with Gasteiger partial charge in [-0.1, -0.05) is 34.1 Å². The smallest absolute Gasteiger partial charge is 0.217 e. The number of rotatable bonds is 6. The summed E-state index contributed by atoms with van der Waals surface area (Å²) in [5, 5.41) is 4.25. The van der Waals surface area contributed by atoms with Crippen LogP contribution in [0.15, 0.2) is 30.7 Å². The third kappa shape index (κ3) is 4.09. The maximum atomic E-state index is 13.3. The van der Waals surface area contributed by atoms with E-state index in [-0.39, 0.29) is 10.7 Å². The van der Waals surface area contributed by atoms with Crippen molar-refractivity contribution >= 4 is 10.0 Å². The van der Waals surface area contributed by atoms with Gasteiger partial charge in [-0.3, -0.25) is 4.98 Å². The molecular formula is C20H30N4O2S. The lowest BCUT2D eigenvalue weighted by molar-refractivity contribution is 0.261. The van der Waals surface area contributed by atoms with E-state index in [4.69, 9.17) is 0 Å². The van der Waals surface area contributed by atoms with E-state index in [0.29, 0.717) is 25.9 Å². The Bertz CT molecular complexity index is 875. The minimum atomic E-state index is -3.34. The lowest BCUT2D eigenvalue weighted by atomic mass is 9.88. The Hall–Kier alpha value is -1.73. The lowest BCUT2D eigenvalue weighted by Gasteiger charge is -2.31. The quantitative estimate of drug-likeness (QED) is 0.756. The van der Waals surface area contributed by atoms with Crippen LogP contribution in [0.3, 0.4) is 0 Å². The summed E-state index contributed by atoms with van der Waals surface area (Å²) in [6.07, 6.45) is 8.33. The van der Waals surface area contributed by atoms with Gasteiger partial charge in [0.1, 0.15) is 0 Å². The number of hydrogen-bond acceptors (Lipinski definition) is 4. The van der Waals surface area contributed by atoms with Crippen LogP contribution in [0.5, 0.6) is 0 Å². The minimum absolute atomic E-state index is 0.173. The fraction of sp³-hybridized carbons (Fsp3) is 0.600. The standard InChI is InChI=1S/C20H30N4O2S/c1-5-7-18(6-2)27(25,26)23-14-16-13-22-24(17-8-10-21-11-9-17)19(16)12-20(3,4)15-23/h8-11,13,18H,5-7,12,14-15H2,1-4H3. The van der Waals surface area contributed by atoms with Crippen molar-refractivity contribution in [3.63, 3.8) is 0 Å². The number of pyridine rings is 1. The molecule has 2 aromatic heterocycles. The van der Waals surface area contributed by atoms with Crippen molar-refractivity contribution in [2.24, 2.45) is 5.41 Å². The molecule has 1 aliphatic rings. The van der Waals surface area contributed by atoms with Crippen LogP contribution in [0.25, 0.3) is 5.69 Å². The zero-order chi connectivity index (χ0) is 19.7. The van der Waals surface area contributed by atoms with E-state index < -0.39 is 10.0 Å². The van der Waals surface area contributed by atoms with E-state index in [2.05, 4.69) is 23.9 Å². The third-order valence-corrected chi connectivity index (χ3v) is 7.70. The summed E-state index contributed by atoms with van der Waals surface area (Å²) < 4.78 is 30.3. The average molecular weight is 391 g/mol. The van der Waals surface area contributed by atoms with Crippen LogP contribution in [0.4, 0.5) is 0 Å². The van der Waals surface area contributed by atoms with Gasteiger partial charge < -0.3 is 0 Å². The van der Waals surface area contributed by atoms with Crippen molar-refractivity contribution in [2.45, 2.75) is 65.2 Å². The molecule has 0 bridgehead atoms. The topological polar surface area (TPSA) is 68.1 Å². The molecule has 1 aliphatic heterocycles. The number of sulfonamides is 1. The lowest BCUT2D eigenvalue weighted by Crippen LogP contribution is -2.42. The highest BCUT2D eigenvalue weighted by Crippen LogP contribution is 2.34. The van der Waals surface area contributed by atoms with Crippen LogP contribution < -0.4 is 0 Å². The molecule has 0 fully saturated rings. The third-order valence-electron chi connectivity index (χ3n) is 5.31. The highest BCUT2D eigenvalue weighted by atomic mass is 32.2. The molecule has 0 N–H and O–H groups in total. The molecule has 2 aromatic rings. The zero-order valence-corrected chi connectivity index (χ0v) is 17.5. The first-order valence-corrected chi connectivity index (χ1v) is 11.2. The summed E-state index contributed by atoms with van der Waals surface area (Å²) in [6, 6.07) is 3.85. The number of aromatic nitrogens is 3. The fourth-order valence-electron chi connectivity index (χ4n) is 3.94. The average Bonchev–Trinajstić information content (AvgIpc) is 2.94. The second-order valence-electron chi connectivity index (χ2n) is 8.21. The van der Waals surface area contributed by atoms with Gasteiger partial charge in [0.15, 0.2) is 0 Å². The van der Waals surface area contributed by atoms with Crippen LogP contribution in [0.1, 0.15) is 58.2 Å². The summed E-state index contributed by atoms with van der Waals surface area (Å²) in [5.74, 6) is 0. The molecule has 0 radical (unpaired) electrons. The summed E-state index contributed by atoms with van der Waals surface area (Å²) in [7, 11) is -3.34. The van der Waals surface area contributed by atoms with E-state index in [0.717, 1.165) is 29.8 Å². The largest absolute Gasteiger partial charge is 0.265 e. The molecule has 3 rings (SSSR count). The van der Waals surface area contributed by atoms with Crippen molar-refractivity contribution in [3.05, 3.63) is 42.0 Å². The molecule has 0 amide bonds. The summed E-state index contributed by atoms with van der Waals surface area (Å²) in [6.45, 7) is 9.20. The number of hydrogen-bond donors (Lipinski definition) is 0. The Balaban J connectivity index is 2.01. The first-order chi connectivity index (χ1) is 12.8. The Morgan fingerprint density at radius 3 is 2.56 bits per heavy atom. The van der Waals surface area contributed by atoms with Crippen LogP contribution in [-0.4, -0.2) is 39.3 Å². The van der Waals surface area contributed by atoms with Crippen LogP contribution in [0, 0.1) is 5.41 Å². The van der Waals surface area contributed by atoms with Gasteiger partial charge in [0.25, 0.3) is 0 Å². The van der Waals surface area contributed by atoms with Gasteiger partial charge in [-0.05, 0) is 36.8 Å². The zero-order valence-electron chi connectivity index (χ0n) is 16.7. The van der Waals surface area contributed by atoms with Crippen molar-refractivity contribution in [1.29, 1.82) is 0 Å². The predicted molar refractivity (Wildman–Crippen MR) is 107 cm³/mol. The molecular weight excluding hydrogens is 360 g/mol. The molecule has 0 saturated carbocycles. The molecule has 0 aromatic carbocycles. The molecule has 0 spiro atoms. The summed E-state index contributed by atoms with van der Waals surface area (Å²) in [5.41, 5.74) is 2.86. The van der Waals surface area contributed by atoms with Gasteiger partial charge in [0, 0.05) is 36.7 Å². The molecule has 6 nitrogen and oxygen atoms in total. The molecule has 27 heavy (non-hydrogen) atoms. The highest BCUT2D eigenvalue weighted by Gasteiger charge is 2.38. The van der Waals surface area contributed by atoms with E-state index in [1.165, 1.54) is 0 Å². The van der Waals surface area contributed by atoms with Gasteiger partial charge in [-0.25, -0.2) is 13.1 Å².